The highest BCUT2D eigenvalue weighted by molar-refractivity contribution is 5.94. The molecule has 0 atom stereocenters. The molecule has 1 aromatic rings. The summed E-state index contributed by atoms with van der Waals surface area (Å²) in [6, 6.07) is 7.33. The first kappa shape index (κ1) is 13.1. The SMILES string of the molecule is COCc1ccc(C(=O)NC2(CO)CCC2)cc1. The number of hydrogen-bond acceptors (Lipinski definition) is 3. The normalized spacial score (nSPS) is 17.0. The highest BCUT2D eigenvalue weighted by Gasteiger charge is 2.37. The number of ether oxygens (including phenoxy) is 1. The molecule has 0 radical (unpaired) electrons. The number of nitrogens with one attached hydrogen (secondary N) is 1. The van der Waals surface area contributed by atoms with Gasteiger partial charge in [0.25, 0.3) is 5.91 Å². The molecule has 2 rings (SSSR count). The smallest absolute Gasteiger partial charge is 0.251 e. The van der Waals surface area contributed by atoms with E-state index < -0.39 is 0 Å². The van der Waals surface area contributed by atoms with E-state index in [4.69, 9.17) is 4.74 Å². The minimum absolute atomic E-state index is 0.0144. The molecule has 1 aliphatic carbocycles. The van der Waals surface area contributed by atoms with Crippen molar-refractivity contribution in [1.82, 2.24) is 5.32 Å². The van der Waals surface area contributed by atoms with Gasteiger partial charge in [0.15, 0.2) is 0 Å². The molecular weight excluding hydrogens is 230 g/mol. The van der Waals surface area contributed by atoms with Crippen molar-refractivity contribution in [1.29, 1.82) is 0 Å². The monoisotopic (exact) mass is 249 g/mol. The van der Waals surface area contributed by atoms with E-state index in [0.717, 1.165) is 24.8 Å². The lowest BCUT2D eigenvalue weighted by Crippen LogP contribution is -2.56. The van der Waals surface area contributed by atoms with Crippen molar-refractivity contribution in [2.75, 3.05) is 13.7 Å². The second-order valence-corrected chi connectivity index (χ2v) is 4.88. The zero-order valence-corrected chi connectivity index (χ0v) is 10.6. The average Bonchev–Trinajstić information content (AvgIpc) is 2.35. The Labute approximate surface area is 107 Å². The highest BCUT2D eigenvalue weighted by atomic mass is 16.5. The lowest BCUT2D eigenvalue weighted by atomic mass is 9.77. The van der Waals surface area contributed by atoms with E-state index >= 15 is 0 Å². The molecule has 4 heteroatoms. The van der Waals surface area contributed by atoms with E-state index in [0.29, 0.717) is 12.2 Å². The maximum Gasteiger partial charge on any atom is 0.251 e. The van der Waals surface area contributed by atoms with Crippen LogP contribution >= 0.6 is 0 Å². The highest BCUT2D eigenvalue weighted by Crippen LogP contribution is 2.31. The van der Waals surface area contributed by atoms with Crippen LogP contribution in [0, 0.1) is 0 Å². The third-order valence-electron chi connectivity index (χ3n) is 3.52. The summed E-state index contributed by atoms with van der Waals surface area (Å²) in [7, 11) is 1.64. The summed E-state index contributed by atoms with van der Waals surface area (Å²) in [4.78, 5) is 12.0. The van der Waals surface area contributed by atoms with Gasteiger partial charge in [0, 0.05) is 12.7 Å². The van der Waals surface area contributed by atoms with Crippen molar-refractivity contribution < 1.29 is 14.6 Å². The molecule has 2 N–H and O–H groups in total. The van der Waals surface area contributed by atoms with Crippen LogP contribution in [0.15, 0.2) is 24.3 Å². The van der Waals surface area contributed by atoms with Crippen molar-refractivity contribution >= 4 is 5.91 Å². The molecule has 18 heavy (non-hydrogen) atoms. The van der Waals surface area contributed by atoms with Crippen LogP contribution in [0.2, 0.25) is 0 Å². The van der Waals surface area contributed by atoms with Crippen LogP contribution in [0.1, 0.15) is 35.2 Å². The first-order chi connectivity index (χ1) is 8.69. The number of amides is 1. The number of methoxy groups -OCH3 is 1. The Hall–Kier alpha value is -1.39. The fourth-order valence-electron chi connectivity index (χ4n) is 2.16. The maximum absolute atomic E-state index is 12.0. The van der Waals surface area contributed by atoms with Gasteiger partial charge in [-0.25, -0.2) is 0 Å². The lowest BCUT2D eigenvalue weighted by Gasteiger charge is -2.40. The molecule has 4 nitrogen and oxygen atoms in total. The molecule has 1 aliphatic rings. The molecule has 0 aromatic heterocycles. The maximum atomic E-state index is 12.0. The predicted molar refractivity (Wildman–Crippen MR) is 68.3 cm³/mol. The fourth-order valence-corrected chi connectivity index (χ4v) is 2.16. The van der Waals surface area contributed by atoms with Gasteiger partial charge in [-0.2, -0.15) is 0 Å². The number of carbonyl (C=O) groups is 1. The molecule has 0 unspecified atom stereocenters. The molecule has 1 fully saturated rings. The third-order valence-corrected chi connectivity index (χ3v) is 3.52. The molecule has 0 bridgehead atoms. The molecule has 1 amide bonds. The van der Waals surface area contributed by atoms with E-state index in [-0.39, 0.29) is 18.1 Å². The van der Waals surface area contributed by atoms with E-state index in [1.165, 1.54) is 0 Å². The van der Waals surface area contributed by atoms with Crippen molar-refractivity contribution in [3.8, 4) is 0 Å². The summed E-state index contributed by atoms with van der Waals surface area (Å²) >= 11 is 0. The van der Waals surface area contributed by atoms with Crippen LogP contribution in [-0.2, 0) is 11.3 Å². The number of benzene rings is 1. The van der Waals surface area contributed by atoms with Gasteiger partial charge in [-0.3, -0.25) is 4.79 Å². The van der Waals surface area contributed by atoms with Crippen LogP contribution in [0.25, 0.3) is 0 Å². The van der Waals surface area contributed by atoms with Gasteiger partial charge in [0.2, 0.25) is 0 Å². The summed E-state index contributed by atoms with van der Waals surface area (Å²) in [5, 5.41) is 12.2. The lowest BCUT2D eigenvalue weighted by molar-refractivity contribution is 0.0641. The largest absolute Gasteiger partial charge is 0.394 e. The first-order valence-corrected chi connectivity index (χ1v) is 6.20. The van der Waals surface area contributed by atoms with Crippen LogP contribution in [0.4, 0.5) is 0 Å². The van der Waals surface area contributed by atoms with Gasteiger partial charge in [-0.15, -0.1) is 0 Å². The Morgan fingerprint density at radius 3 is 2.50 bits per heavy atom. The number of carbonyl (C=O) groups excluding carboxylic acids is 1. The topological polar surface area (TPSA) is 58.6 Å². The van der Waals surface area contributed by atoms with Crippen molar-refractivity contribution in [3.63, 3.8) is 0 Å². The Balaban J connectivity index is 2.00. The van der Waals surface area contributed by atoms with Crippen molar-refractivity contribution in [2.45, 2.75) is 31.4 Å². The molecule has 1 aromatic carbocycles. The number of aliphatic hydroxyl groups excluding tert-OH is 1. The van der Waals surface area contributed by atoms with Crippen molar-refractivity contribution in [3.05, 3.63) is 35.4 Å². The predicted octanol–water partition coefficient (Wildman–Crippen LogP) is 1.48. The molecule has 0 spiro atoms. The van der Waals surface area contributed by atoms with Crippen LogP contribution in [-0.4, -0.2) is 30.3 Å². The minimum Gasteiger partial charge on any atom is -0.394 e. The average molecular weight is 249 g/mol. The van der Waals surface area contributed by atoms with Crippen LogP contribution in [0.5, 0.6) is 0 Å². The first-order valence-electron chi connectivity index (χ1n) is 6.20. The Kier molecular flexibility index (Phi) is 3.99. The van der Waals surface area contributed by atoms with Gasteiger partial charge in [0.1, 0.15) is 0 Å². The van der Waals surface area contributed by atoms with Gasteiger partial charge < -0.3 is 15.2 Å². The van der Waals surface area contributed by atoms with Gasteiger partial charge >= 0.3 is 0 Å². The van der Waals surface area contributed by atoms with E-state index in [9.17, 15) is 9.90 Å². The van der Waals surface area contributed by atoms with Gasteiger partial charge in [-0.05, 0) is 37.0 Å². The van der Waals surface area contributed by atoms with E-state index in [1.807, 2.05) is 12.1 Å². The number of hydrogen-bond donors (Lipinski definition) is 2. The number of aliphatic hydroxyl groups is 1. The third kappa shape index (κ3) is 2.71. The van der Waals surface area contributed by atoms with E-state index in [1.54, 1.807) is 19.2 Å². The van der Waals surface area contributed by atoms with Gasteiger partial charge in [-0.1, -0.05) is 12.1 Å². The fraction of sp³-hybridized carbons (Fsp3) is 0.500. The quantitative estimate of drug-likeness (QED) is 0.831. The zero-order valence-electron chi connectivity index (χ0n) is 10.6. The standard InChI is InChI=1S/C14H19NO3/c1-18-9-11-3-5-12(6-4-11)13(17)15-14(10-16)7-2-8-14/h3-6,16H,2,7-10H2,1H3,(H,15,17). The second-order valence-electron chi connectivity index (χ2n) is 4.88. The van der Waals surface area contributed by atoms with Gasteiger partial charge in [0.05, 0.1) is 18.8 Å². The summed E-state index contributed by atoms with van der Waals surface area (Å²) < 4.78 is 5.02. The summed E-state index contributed by atoms with van der Waals surface area (Å²) in [5.41, 5.74) is 1.27. The summed E-state index contributed by atoms with van der Waals surface area (Å²) in [5.74, 6) is -0.118. The molecule has 0 aliphatic heterocycles. The summed E-state index contributed by atoms with van der Waals surface area (Å²) in [6.07, 6.45) is 2.78. The Bertz CT molecular complexity index is 404. The van der Waals surface area contributed by atoms with Crippen LogP contribution < -0.4 is 5.32 Å². The molecule has 0 heterocycles. The Morgan fingerprint density at radius 1 is 1.39 bits per heavy atom. The van der Waals surface area contributed by atoms with Crippen molar-refractivity contribution in [2.24, 2.45) is 0 Å². The molecule has 98 valence electrons. The number of rotatable bonds is 5. The minimum atomic E-state index is -0.387. The molecule has 1 saturated carbocycles. The summed E-state index contributed by atoms with van der Waals surface area (Å²) in [6.45, 7) is 0.559. The van der Waals surface area contributed by atoms with E-state index in [2.05, 4.69) is 5.32 Å². The zero-order chi connectivity index (χ0) is 13.0. The molecule has 0 saturated heterocycles. The Morgan fingerprint density at radius 2 is 2.06 bits per heavy atom. The van der Waals surface area contributed by atoms with Crippen LogP contribution in [0.3, 0.4) is 0 Å². The molecular formula is C14H19NO3. The second kappa shape index (κ2) is 5.50.